The number of hydrogen-bond donors (Lipinski definition) is 3. The summed E-state index contributed by atoms with van der Waals surface area (Å²) in [5.74, 6) is -0.681. The predicted molar refractivity (Wildman–Crippen MR) is 114 cm³/mol. The van der Waals surface area contributed by atoms with Crippen molar-refractivity contribution >= 4 is 23.0 Å². The summed E-state index contributed by atoms with van der Waals surface area (Å²) in [5.41, 5.74) is 7.45. The Morgan fingerprint density at radius 2 is 1.64 bits per heavy atom. The van der Waals surface area contributed by atoms with Gasteiger partial charge in [0.15, 0.2) is 5.82 Å². The molecule has 0 atom stereocenters. The van der Waals surface area contributed by atoms with Gasteiger partial charge in [0, 0.05) is 25.4 Å². The number of nitrogen functional groups attached to an aromatic ring is 1. The molecule has 1 amide bonds. The highest BCUT2D eigenvalue weighted by Crippen LogP contribution is 2.28. The summed E-state index contributed by atoms with van der Waals surface area (Å²) in [6, 6.07) is 6.94. The summed E-state index contributed by atoms with van der Waals surface area (Å²) < 4.78 is 14.5. The lowest BCUT2D eigenvalue weighted by molar-refractivity contribution is -0.116. The molecule has 0 bridgehead atoms. The third-order valence-corrected chi connectivity index (χ3v) is 4.69. The number of hydrogen-bond acceptors (Lipinski definition) is 4. The normalized spacial score (nSPS) is 10.6. The Bertz CT molecular complexity index is 737. The molecule has 0 fully saturated rings. The summed E-state index contributed by atoms with van der Waals surface area (Å²) in [4.78, 5) is 16.0. The zero-order valence-corrected chi connectivity index (χ0v) is 16.6. The first-order valence-electron chi connectivity index (χ1n) is 10.1. The van der Waals surface area contributed by atoms with Crippen LogP contribution in [0.2, 0.25) is 0 Å². The number of nitrogens with one attached hydrogen (secondary N) is 2. The monoisotopic (exact) mass is 386 g/mol. The van der Waals surface area contributed by atoms with Gasteiger partial charge >= 0.3 is 0 Å². The summed E-state index contributed by atoms with van der Waals surface area (Å²) in [6.07, 6.45) is 11.8. The first-order valence-corrected chi connectivity index (χ1v) is 10.1. The fourth-order valence-corrected chi connectivity index (χ4v) is 2.99. The second kappa shape index (κ2) is 12.0. The topological polar surface area (TPSA) is 80.0 Å². The van der Waals surface area contributed by atoms with Crippen LogP contribution in [0.4, 0.5) is 21.5 Å². The number of anilines is 3. The lowest BCUT2D eigenvalue weighted by atomic mass is 10.1. The number of pyridine rings is 1. The van der Waals surface area contributed by atoms with Crippen molar-refractivity contribution in [3.05, 3.63) is 48.0 Å². The molecule has 1 heterocycles. The average Bonchev–Trinajstić information content (AvgIpc) is 2.71. The molecule has 0 saturated heterocycles. The highest BCUT2D eigenvalue weighted by Gasteiger charge is 2.12. The largest absolute Gasteiger partial charge is 0.395 e. The maximum atomic E-state index is 14.5. The van der Waals surface area contributed by atoms with Crippen LogP contribution in [0.5, 0.6) is 0 Å². The first-order chi connectivity index (χ1) is 13.6. The van der Waals surface area contributed by atoms with Gasteiger partial charge in [0.2, 0.25) is 5.91 Å². The van der Waals surface area contributed by atoms with Gasteiger partial charge in [0.05, 0.1) is 17.1 Å². The quantitative estimate of drug-likeness (QED) is 0.333. The Labute approximate surface area is 166 Å². The lowest BCUT2D eigenvalue weighted by Gasteiger charge is -2.13. The van der Waals surface area contributed by atoms with E-state index in [0.29, 0.717) is 24.3 Å². The standard InChI is InChI=1S/C22H31FN4O/c1-2-3-4-5-6-7-8-9-20(28)27-19-11-10-18(21(23)22(19)24)26-16-17-12-14-25-15-13-17/h10-15,26H,2-9,16,24H2,1H3,(H,27,28). The minimum atomic E-state index is -0.553. The minimum Gasteiger partial charge on any atom is -0.395 e. The van der Waals surface area contributed by atoms with E-state index in [4.69, 9.17) is 5.73 Å². The van der Waals surface area contributed by atoms with Crippen LogP contribution in [-0.4, -0.2) is 10.9 Å². The van der Waals surface area contributed by atoms with Crippen molar-refractivity contribution in [3.63, 3.8) is 0 Å². The molecule has 28 heavy (non-hydrogen) atoms. The van der Waals surface area contributed by atoms with Crippen LogP contribution in [0, 0.1) is 5.82 Å². The summed E-state index contributed by atoms with van der Waals surface area (Å²) in [7, 11) is 0. The Balaban J connectivity index is 1.79. The van der Waals surface area contributed by atoms with Crippen molar-refractivity contribution in [1.82, 2.24) is 4.98 Å². The number of halogens is 1. The molecule has 0 aliphatic carbocycles. The van der Waals surface area contributed by atoms with Crippen molar-refractivity contribution in [2.45, 2.75) is 64.8 Å². The molecule has 5 nitrogen and oxygen atoms in total. The Morgan fingerprint density at radius 3 is 2.36 bits per heavy atom. The predicted octanol–water partition coefficient (Wildman–Crippen LogP) is 5.49. The number of carbonyl (C=O) groups is 1. The number of amides is 1. The van der Waals surface area contributed by atoms with Gasteiger partial charge in [0.25, 0.3) is 0 Å². The van der Waals surface area contributed by atoms with Crippen molar-refractivity contribution in [1.29, 1.82) is 0 Å². The van der Waals surface area contributed by atoms with E-state index in [1.165, 1.54) is 25.7 Å². The van der Waals surface area contributed by atoms with Crippen LogP contribution in [0.3, 0.4) is 0 Å². The molecule has 1 aromatic heterocycles. The molecule has 4 N–H and O–H groups in total. The van der Waals surface area contributed by atoms with Gasteiger partial charge in [0.1, 0.15) is 0 Å². The third-order valence-electron chi connectivity index (χ3n) is 4.69. The zero-order chi connectivity index (χ0) is 20.2. The molecule has 0 radical (unpaired) electrons. The van der Waals surface area contributed by atoms with Crippen molar-refractivity contribution < 1.29 is 9.18 Å². The van der Waals surface area contributed by atoms with E-state index in [1.807, 2.05) is 12.1 Å². The number of nitrogens with two attached hydrogens (primary N) is 1. The molecular weight excluding hydrogens is 355 g/mol. The maximum absolute atomic E-state index is 14.5. The highest BCUT2D eigenvalue weighted by atomic mass is 19.1. The molecule has 6 heteroatoms. The summed E-state index contributed by atoms with van der Waals surface area (Å²) >= 11 is 0. The van der Waals surface area contributed by atoms with E-state index in [1.54, 1.807) is 24.5 Å². The molecule has 0 spiro atoms. The van der Waals surface area contributed by atoms with Crippen molar-refractivity contribution in [2.75, 3.05) is 16.4 Å². The molecule has 152 valence electrons. The van der Waals surface area contributed by atoms with Gasteiger partial charge in [-0.3, -0.25) is 9.78 Å². The molecule has 2 aromatic rings. The van der Waals surface area contributed by atoms with Crippen LogP contribution >= 0.6 is 0 Å². The summed E-state index contributed by atoms with van der Waals surface area (Å²) in [6.45, 7) is 2.66. The second-order valence-corrected chi connectivity index (χ2v) is 7.02. The van der Waals surface area contributed by atoms with E-state index in [2.05, 4.69) is 22.5 Å². The van der Waals surface area contributed by atoms with E-state index < -0.39 is 5.82 Å². The third kappa shape index (κ3) is 7.18. The Morgan fingerprint density at radius 1 is 1.00 bits per heavy atom. The summed E-state index contributed by atoms with van der Waals surface area (Å²) in [5, 5.41) is 5.74. The first kappa shape index (κ1) is 21.7. The number of unbranched alkanes of at least 4 members (excludes halogenated alkanes) is 6. The van der Waals surface area contributed by atoms with Crippen LogP contribution < -0.4 is 16.4 Å². The van der Waals surface area contributed by atoms with E-state index in [-0.39, 0.29) is 11.6 Å². The van der Waals surface area contributed by atoms with Gasteiger partial charge in [-0.25, -0.2) is 4.39 Å². The van der Waals surface area contributed by atoms with E-state index >= 15 is 0 Å². The minimum absolute atomic E-state index is 0.0485. The van der Waals surface area contributed by atoms with Gasteiger partial charge in [-0.2, -0.15) is 0 Å². The van der Waals surface area contributed by atoms with E-state index in [0.717, 1.165) is 24.8 Å². The van der Waals surface area contributed by atoms with Crippen LogP contribution in [0.25, 0.3) is 0 Å². The van der Waals surface area contributed by atoms with Gasteiger partial charge in [-0.1, -0.05) is 45.4 Å². The number of nitrogens with zero attached hydrogens (tertiary/aromatic N) is 1. The smallest absolute Gasteiger partial charge is 0.224 e. The molecule has 2 rings (SSSR count). The van der Waals surface area contributed by atoms with Crippen LogP contribution in [0.15, 0.2) is 36.7 Å². The number of carbonyl (C=O) groups excluding carboxylic acids is 1. The number of benzene rings is 1. The fourth-order valence-electron chi connectivity index (χ4n) is 2.99. The fraction of sp³-hybridized carbons (Fsp3) is 0.455. The molecule has 0 saturated carbocycles. The van der Waals surface area contributed by atoms with Gasteiger partial charge in [-0.15, -0.1) is 0 Å². The molecule has 0 aliphatic heterocycles. The number of rotatable bonds is 12. The zero-order valence-electron chi connectivity index (χ0n) is 16.6. The van der Waals surface area contributed by atoms with Crippen LogP contribution in [-0.2, 0) is 11.3 Å². The Kier molecular flexibility index (Phi) is 9.25. The Hall–Kier alpha value is -2.63. The lowest BCUT2D eigenvalue weighted by Crippen LogP contribution is -2.14. The SMILES string of the molecule is CCCCCCCCCC(=O)Nc1ccc(NCc2ccncc2)c(F)c1N. The molecular formula is C22H31FN4O. The highest BCUT2D eigenvalue weighted by molar-refractivity contribution is 5.94. The number of aromatic nitrogens is 1. The second-order valence-electron chi connectivity index (χ2n) is 7.02. The van der Waals surface area contributed by atoms with Crippen LogP contribution in [0.1, 0.15) is 63.9 Å². The van der Waals surface area contributed by atoms with E-state index in [9.17, 15) is 9.18 Å². The van der Waals surface area contributed by atoms with Gasteiger partial charge < -0.3 is 16.4 Å². The van der Waals surface area contributed by atoms with Crippen molar-refractivity contribution in [2.24, 2.45) is 0 Å². The van der Waals surface area contributed by atoms with Crippen molar-refractivity contribution in [3.8, 4) is 0 Å². The average molecular weight is 387 g/mol. The van der Waals surface area contributed by atoms with Gasteiger partial charge in [-0.05, 0) is 36.2 Å². The molecule has 0 aliphatic rings. The molecule has 1 aromatic carbocycles. The molecule has 0 unspecified atom stereocenters. The maximum Gasteiger partial charge on any atom is 0.224 e.